The summed E-state index contributed by atoms with van der Waals surface area (Å²) in [6.45, 7) is 1.90. The number of aromatic nitrogens is 2. The molecule has 1 aliphatic rings. The molecule has 4 rings (SSSR count). The first kappa shape index (κ1) is 21.8. The van der Waals surface area contributed by atoms with Gasteiger partial charge in [-0.15, -0.1) is 0 Å². The molecule has 0 bridgehead atoms. The van der Waals surface area contributed by atoms with Crippen LogP contribution in [0.3, 0.4) is 0 Å². The minimum absolute atomic E-state index is 0.0822. The summed E-state index contributed by atoms with van der Waals surface area (Å²) in [5.41, 5.74) is 0.810. The van der Waals surface area contributed by atoms with Crippen molar-refractivity contribution in [3.63, 3.8) is 0 Å². The summed E-state index contributed by atoms with van der Waals surface area (Å²) in [6, 6.07) is 10.7. The number of hydrogen-bond donors (Lipinski definition) is 0. The third-order valence-corrected chi connectivity index (χ3v) is 5.72. The number of rotatable bonds is 5. The monoisotopic (exact) mass is 456 g/mol. The van der Waals surface area contributed by atoms with E-state index in [9.17, 15) is 14.0 Å². The highest BCUT2D eigenvalue weighted by atomic mass is 35.5. The molecule has 1 saturated heterocycles. The molecule has 1 aliphatic heterocycles. The van der Waals surface area contributed by atoms with Crippen LogP contribution in [0.1, 0.15) is 26.5 Å². The van der Waals surface area contributed by atoms with Crippen molar-refractivity contribution in [1.82, 2.24) is 19.4 Å². The zero-order chi connectivity index (χ0) is 22.7. The number of imidazole rings is 1. The lowest BCUT2D eigenvalue weighted by Gasteiger charge is -2.35. The van der Waals surface area contributed by atoms with Crippen molar-refractivity contribution >= 4 is 23.4 Å². The molecule has 0 spiro atoms. The number of nitrogens with zero attached hydrogens (tertiary/aromatic N) is 4. The predicted molar refractivity (Wildman–Crippen MR) is 117 cm³/mol. The van der Waals surface area contributed by atoms with Crippen molar-refractivity contribution in [3.05, 3.63) is 82.6 Å². The van der Waals surface area contributed by atoms with Crippen LogP contribution in [0.2, 0.25) is 5.02 Å². The Morgan fingerprint density at radius 2 is 1.69 bits per heavy atom. The fourth-order valence-electron chi connectivity index (χ4n) is 3.51. The zero-order valence-electron chi connectivity index (χ0n) is 17.5. The Labute approximate surface area is 190 Å². The van der Waals surface area contributed by atoms with E-state index >= 15 is 0 Å². The molecule has 0 atom stereocenters. The number of carbonyl (C=O) groups excluding carboxylic acids is 2. The van der Waals surface area contributed by atoms with Crippen LogP contribution in [0, 0.1) is 5.82 Å². The Bertz CT molecular complexity index is 1120. The Kier molecular flexibility index (Phi) is 6.41. The lowest BCUT2D eigenvalue weighted by Crippen LogP contribution is -2.50. The highest BCUT2D eigenvalue weighted by Crippen LogP contribution is 2.21. The number of halogens is 2. The van der Waals surface area contributed by atoms with Crippen LogP contribution in [0.15, 0.2) is 54.9 Å². The number of carbonyl (C=O) groups is 2. The molecular weight excluding hydrogens is 435 g/mol. The predicted octanol–water partition coefficient (Wildman–Crippen LogP) is 3.39. The SMILES string of the molecule is Cn1ccnc1COc1ccc(C(=O)N2CCN(C(=O)c3ccc(F)cc3Cl)CC2)cc1. The number of hydrogen-bond acceptors (Lipinski definition) is 4. The fraction of sp³-hybridized carbons (Fsp3) is 0.261. The van der Waals surface area contributed by atoms with E-state index in [1.54, 1.807) is 40.3 Å². The van der Waals surface area contributed by atoms with Crippen molar-refractivity contribution in [1.29, 1.82) is 0 Å². The van der Waals surface area contributed by atoms with Crippen LogP contribution >= 0.6 is 11.6 Å². The maximum Gasteiger partial charge on any atom is 0.255 e. The van der Waals surface area contributed by atoms with Crippen molar-refractivity contribution in [3.8, 4) is 5.75 Å². The molecule has 1 aromatic heterocycles. The highest BCUT2D eigenvalue weighted by molar-refractivity contribution is 6.33. The molecule has 166 valence electrons. The van der Waals surface area contributed by atoms with Gasteiger partial charge < -0.3 is 19.1 Å². The number of piperazine rings is 1. The minimum Gasteiger partial charge on any atom is -0.486 e. The third kappa shape index (κ3) is 4.75. The van der Waals surface area contributed by atoms with Gasteiger partial charge in [-0.1, -0.05) is 11.6 Å². The summed E-state index contributed by atoms with van der Waals surface area (Å²) in [5.74, 6) is 0.592. The summed E-state index contributed by atoms with van der Waals surface area (Å²) >= 11 is 6.01. The van der Waals surface area contributed by atoms with E-state index in [-0.39, 0.29) is 22.4 Å². The summed E-state index contributed by atoms with van der Waals surface area (Å²) in [6.07, 6.45) is 3.56. The Morgan fingerprint density at radius 1 is 1.03 bits per heavy atom. The van der Waals surface area contributed by atoms with Gasteiger partial charge in [0.25, 0.3) is 11.8 Å². The topological polar surface area (TPSA) is 67.7 Å². The molecule has 3 aromatic rings. The van der Waals surface area contributed by atoms with Crippen molar-refractivity contribution < 1.29 is 18.7 Å². The van der Waals surface area contributed by atoms with Crippen LogP contribution in [0.4, 0.5) is 4.39 Å². The van der Waals surface area contributed by atoms with Crippen LogP contribution in [-0.2, 0) is 13.7 Å². The number of ether oxygens (including phenoxy) is 1. The highest BCUT2D eigenvalue weighted by Gasteiger charge is 2.26. The van der Waals surface area contributed by atoms with Gasteiger partial charge in [0, 0.05) is 51.2 Å². The largest absolute Gasteiger partial charge is 0.486 e. The first-order valence-electron chi connectivity index (χ1n) is 10.1. The maximum atomic E-state index is 13.2. The minimum atomic E-state index is -0.491. The van der Waals surface area contributed by atoms with Gasteiger partial charge in [0.1, 0.15) is 24.0 Å². The normalized spacial score (nSPS) is 13.8. The molecule has 0 saturated carbocycles. The first-order chi connectivity index (χ1) is 15.4. The molecule has 0 unspecified atom stereocenters. The Hall–Kier alpha value is -3.39. The van der Waals surface area contributed by atoms with Gasteiger partial charge >= 0.3 is 0 Å². The summed E-state index contributed by atoms with van der Waals surface area (Å²) < 4.78 is 20.8. The summed E-state index contributed by atoms with van der Waals surface area (Å²) in [5, 5.41) is 0.0822. The second-order valence-corrected chi connectivity index (χ2v) is 7.88. The van der Waals surface area contributed by atoms with Crippen molar-refractivity contribution in [2.24, 2.45) is 7.05 Å². The van der Waals surface area contributed by atoms with E-state index in [4.69, 9.17) is 16.3 Å². The standard InChI is InChI=1S/C23H22ClFN4O3/c1-27-9-8-26-21(27)15-32-18-5-2-16(3-6-18)22(30)28-10-12-29(13-11-28)23(31)19-7-4-17(25)14-20(19)24/h2-9,14H,10-13,15H2,1H3. The Balaban J connectivity index is 1.32. The second-order valence-electron chi connectivity index (χ2n) is 7.48. The molecule has 0 N–H and O–H groups in total. The molecule has 0 aliphatic carbocycles. The maximum absolute atomic E-state index is 13.2. The molecule has 2 aromatic carbocycles. The van der Waals surface area contributed by atoms with E-state index in [1.807, 2.05) is 17.8 Å². The van der Waals surface area contributed by atoms with Crippen molar-refractivity contribution in [2.75, 3.05) is 26.2 Å². The number of amides is 2. The average molecular weight is 457 g/mol. The van der Waals surface area contributed by atoms with Gasteiger partial charge in [0.2, 0.25) is 0 Å². The molecule has 7 nitrogen and oxygen atoms in total. The van der Waals surface area contributed by atoms with Gasteiger partial charge in [-0.2, -0.15) is 0 Å². The van der Waals surface area contributed by atoms with E-state index in [0.29, 0.717) is 44.1 Å². The third-order valence-electron chi connectivity index (χ3n) is 5.41. The molecule has 0 radical (unpaired) electrons. The van der Waals surface area contributed by atoms with Crippen LogP contribution in [-0.4, -0.2) is 57.3 Å². The van der Waals surface area contributed by atoms with Crippen molar-refractivity contribution in [2.45, 2.75) is 6.61 Å². The van der Waals surface area contributed by atoms with E-state index in [2.05, 4.69) is 4.98 Å². The summed E-state index contributed by atoms with van der Waals surface area (Å²) in [4.78, 5) is 33.1. The van der Waals surface area contributed by atoms with Gasteiger partial charge in [0.05, 0.1) is 10.6 Å². The molecule has 1 fully saturated rings. The summed E-state index contributed by atoms with van der Waals surface area (Å²) in [7, 11) is 1.90. The molecule has 32 heavy (non-hydrogen) atoms. The van der Waals surface area contributed by atoms with Crippen LogP contribution in [0.5, 0.6) is 5.75 Å². The van der Waals surface area contributed by atoms with Crippen LogP contribution in [0.25, 0.3) is 0 Å². The lowest BCUT2D eigenvalue weighted by molar-refractivity contribution is 0.0535. The Morgan fingerprint density at radius 3 is 2.28 bits per heavy atom. The molecule has 2 amide bonds. The van der Waals surface area contributed by atoms with E-state index < -0.39 is 5.82 Å². The molecule has 2 heterocycles. The quantitative estimate of drug-likeness (QED) is 0.590. The van der Waals surface area contributed by atoms with Gasteiger partial charge in [-0.05, 0) is 42.5 Å². The van der Waals surface area contributed by atoms with Crippen LogP contribution < -0.4 is 4.74 Å². The van der Waals surface area contributed by atoms with E-state index in [1.165, 1.54) is 12.1 Å². The number of aryl methyl sites for hydroxylation is 1. The number of benzene rings is 2. The van der Waals surface area contributed by atoms with E-state index in [0.717, 1.165) is 11.9 Å². The fourth-order valence-corrected chi connectivity index (χ4v) is 3.75. The zero-order valence-corrected chi connectivity index (χ0v) is 18.3. The van der Waals surface area contributed by atoms with Gasteiger partial charge in [-0.3, -0.25) is 9.59 Å². The molecular formula is C23H22ClFN4O3. The smallest absolute Gasteiger partial charge is 0.255 e. The van der Waals surface area contributed by atoms with Gasteiger partial charge in [-0.25, -0.2) is 9.37 Å². The average Bonchev–Trinajstić information content (AvgIpc) is 3.22. The second kappa shape index (κ2) is 9.40. The molecule has 9 heteroatoms. The van der Waals surface area contributed by atoms with Gasteiger partial charge in [0.15, 0.2) is 0 Å². The first-order valence-corrected chi connectivity index (χ1v) is 10.5. The lowest BCUT2D eigenvalue weighted by atomic mass is 10.1.